The molecule has 3 rings (SSSR count). The van der Waals surface area contributed by atoms with Crippen LogP contribution in [0.4, 0.5) is 5.69 Å². The minimum atomic E-state index is -3.28. The summed E-state index contributed by atoms with van der Waals surface area (Å²) in [6.07, 6.45) is 1.16. The number of anilines is 1. The van der Waals surface area contributed by atoms with Crippen molar-refractivity contribution >= 4 is 27.3 Å². The lowest BCUT2D eigenvalue weighted by Gasteiger charge is -2.25. The number of hydrogen-bond donors (Lipinski definition) is 1. The lowest BCUT2D eigenvalue weighted by atomic mass is 10.0. The predicted molar refractivity (Wildman–Crippen MR) is 114 cm³/mol. The van der Waals surface area contributed by atoms with Crippen molar-refractivity contribution in [2.24, 2.45) is 0 Å². The van der Waals surface area contributed by atoms with Gasteiger partial charge in [0.25, 0.3) is 5.91 Å². The molecule has 2 unspecified atom stereocenters. The van der Waals surface area contributed by atoms with Crippen LogP contribution in [0.5, 0.6) is 0 Å². The van der Waals surface area contributed by atoms with Gasteiger partial charge in [0, 0.05) is 30.0 Å². The SMILES string of the molecule is Cc1cccc(C(=O)NC(CCS(C)(=O)=O)C(=O)N2CC(C)c3ccccc32)c1. The minimum Gasteiger partial charge on any atom is -0.340 e. The van der Waals surface area contributed by atoms with Crippen molar-refractivity contribution in [1.82, 2.24) is 5.32 Å². The van der Waals surface area contributed by atoms with Crippen molar-refractivity contribution in [2.45, 2.75) is 32.2 Å². The lowest BCUT2D eigenvalue weighted by molar-refractivity contribution is -0.120. The molecule has 0 aliphatic carbocycles. The first-order valence-electron chi connectivity index (χ1n) is 9.61. The Kier molecular flexibility index (Phi) is 6.07. The van der Waals surface area contributed by atoms with Crippen LogP contribution in [-0.4, -0.2) is 44.8 Å². The van der Waals surface area contributed by atoms with Crippen LogP contribution in [0.3, 0.4) is 0 Å². The molecule has 0 spiro atoms. The Hall–Kier alpha value is -2.67. The van der Waals surface area contributed by atoms with E-state index in [4.69, 9.17) is 0 Å². The Bertz CT molecular complexity index is 1030. The topological polar surface area (TPSA) is 83.5 Å². The minimum absolute atomic E-state index is 0.0300. The van der Waals surface area contributed by atoms with Crippen LogP contribution < -0.4 is 10.2 Å². The van der Waals surface area contributed by atoms with Crippen LogP contribution >= 0.6 is 0 Å². The molecule has 0 bridgehead atoms. The van der Waals surface area contributed by atoms with E-state index in [0.29, 0.717) is 12.1 Å². The van der Waals surface area contributed by atoms with Gasteiger partial charge < -0.3 is 10.2 Å². The van der Waals surface area contributed by atoms with Crippen molar-refractivity contribution in [3.8, 4) is 0 Å². The van der Waals surface area contributed by atoms with Gasteiger partial charge in [0.05, 0.1) is 5.75 Å². The lowest BCUT2D eigenvalue weighted by Crippen LogP contribution is -2.49. The number of benzene rings is 2. The number of sulfone groups is 1. The van der Waals surface area contributed by atoms with E-state index in [1.165, 1.54) is 0 Å². The molecule has 1 aliphatic heterocycles. The van der Waals surface area contributed by atoms with Gasteiger partial charge in [-0.1, -0.05) is 42.8 Å². The summed E-state index contributed by atoms with van der Waals surface area (Å²) >= 11 is 0. The summed E-state index contributed by atoms with van der Waals surface area (Å²) in [4.78, 5) is 27.7. The van der Waals surface area contributed by atoms with Crippen LogP contribution in [0.2, 0.25) is 0 Å². The molecule has 0 radical (unpaired) electrons. The van der Waals surface area contributed by atoms with E-state index in [2.05, 4.69) is 5.32 Å². The monoisotopic (exact) mass is 414 g/mol. The molecule has 0 fully saturated rings. The maximum Gasteiger partial charge on any atom is 0.251 e. The molecule has 7 heteroatoms. The van der Waals surface area contributed by atoms with Gasteiger partial charge in [0.15, 0.2) is 0 Å². The molecule has 0 saturated carbocycles. The largest absolute Gasteiger partial charge is 0.340 e. The van der Waals surface area contributed by atoms with Gasteiger partial charge in [-0.15, -0.1) is 0 Å². The second kappa shape index (κ2) is 8.37. The second-order valence-corrected chi connectivity index (χ2v) is 9.98. The first-order chi connectivity index (χ1) is 13.7. The normalized spacial score (nSPS) is 16.9. The number of rotatable bonds is 6. The Morgan fingerprint density at radius 3 is 2.59 bits per heavy atom. The summed E-state index contributed by atoms with van der Waals surface area (Å²) in [6, 6.07) is 13.8. The number of carbonyl (C=O) groups is 2. The fourth-order valence-corrected chi connectivity index (χ4v) is 4.30. The van der Waals surface area contributed by atoms with Crippen LogP contribution in [0.25, 0.3) is 0 Å². The molecule has 1 aliphatic rings. The molecule has 2 aromatic carbocycles. The second-order valence-electron chi connectivity index (χ2n) is 7.72. The summed E-state index contributed by atoms with van der Waals surface area (Å²) in [6.45, 7) is 4.43. The third-order valence-electron chi connectivity index (χ3n) is 5.14. The highest BCUT2D eigenvalue weighted by Crippen LogP contribution is 2.36. The van der Waals surface area contributed by atoms with Gasteiger partial charge in [-0.05, 0) is 37.1 Å². The van der Waals surface area contributed by atoms with Gasteiger partial charge >= 0.3 is 0 Å². The Morgan fingerprint density at radius 1 is 1.17 bits per heavy atom. The molecular weight excluding hydrogens is 388 g/mol. The van der Waals surface area contributed by atoms with Gasteiger partial charge in [-0.25, -0.2) is 8.42 Å². The fourth-order valence-electron chi connectivity index (χ4n) is 3.63. The Balaban J connectivity index is 1.85. The predicted octanol–water partition coefficient (Wildman–Crippen LogP) is 2.68. The summed E-state index contributed by atoms with van der Waals surface area (Å²) in [5, 5.41) is 2.76. The molecule has 2 aromatic rings. The molecule has 2 amide bonds. The highest BCUT2D eigenvalue weighted by atomic mass is 32.2. The van der Waals surface area contributed by atoms with Crippen LogP contribution in [-0.2, 0) is 14.6 Å². The number of amides is 2. The molecular formula is C22H26N2O4S. The first kappa shape index (κ1) is 21.0. The number of aryl methyl sites for hydroxylation is 1. The molecule has 2 atom stereocenters. The zero-order chi connectivity index (χ0) is 21.2. The average molecular weight is 415 g/mol. The molecule has 6 nitrogen and oxygen atoms in total. The van der Waals surface area contributed by atoms with E-state index in [1.807, 2.05) is 44.2 Å². The van der Waals surface area contributed by atoms with E-state index in [9.17, 15) is 18.0 Å². The Morgan fingerprint density at radius 2 is 1.90 bits per heavy atom. The van der Waals surface area contributed by atoms with Crippen molar-refractivity contribution in [2.75, 3.05) is 23.5 Å². The zero-order valence-corrected chi connectivity index (χ0v) is 17.7. The molecule has 1 N–H and O–H groups in total. The first-order valence-corrected chi connectivity index (χ1v) is 11.7. The Labute approximate surface area is 171 Å². The van der Waals surface area contributed by atoms with Crippen molar-refractivity contribution < 1.29 is 18.0 Å². The van der Waals surface area contributed by atoms with Gasteiger partial charge in [-0.3, -0.25) is 9.59 Å². The van der Waals surface area contributed by atoms with Crippen molar-refractivity contribution in [1.29, 1.82) is 0 Å². The van der Waals surface area contributed by atoms with Crippen molar-refractivity contribution in [3.05, 3.63) is 65.2 Å². The fraction of sp³-hybridized carbons (Fsp3) is 0.364. The molecule has 154 valence electrons. The summed E-state index contributed by atoms with van der Waals surface area (Å²) < 4.78 is 23.4. The maximum absolute atomic E-state index is 13.3. The standard InChI is InChI=1S/C22H26N2O4S/c1-15-7-6-8-17(13-15)21(25)23-19(11-12-29(3,27)28)22(26)24-14-16(2)18-9-4-5-10-20(18)24/h4-10,13,16,19H,11-12,14H2,1-3H3,(H,23,25). The highest BCUT2D eigenvalue weighted by molar-refractivity contribution is 7.90. The summed E-state index contributed by atoms with van der Waals surface area (Å²) in [7, 11) is -3.28. The van der Waals surface area contributed by atoms with Gasteiger partial charge in [-0.2, -0.15) is 0 Å². The van der Waals surface area contributed by atoms with Crippen LogP contribution in [0, 0.1) is 6.92 Å². The quantitative estimate of drug-likeness (QED) is 0.788. The molecule has 0 aromatic heterocycles. The van der Waals surface area contributed by atoms with Crippen LogP contribution in [0.1, 0.15) is 40.7 Å². The number of carbonyl (C=O) groups excluding carboxylic acids is 2. The van der Waals surface area contributed by atoms with Crippen molar-refractivity contribution in [3.63, 3.8) is 0 Å². The third-order valence-corrected chi connectivity index (χ3v) is 6.12. The van der Waals surface area contributed by atoms with E-state index in [1.54, 1.807) is 23.1 Å². The van der Waals surface area contributed by atoms with E-state index in [-0.39, 0.29) is 29.9 Å². The number of fused-ring (bicyclic) bond motifs is 1. The zero-order valence-electron chi connectivity index (χ0n) is 16.9. The van der Waals surface area contributed by atoms with Gasteiger partial charge in [0.1, 0.15) is 15.9 Å². The van der Waals surface area contributed by atoms with E-state index in [0.717, 1.165) is 23.1 Å². The van der Waals surface area contributed by atoms with E-state index < -0.39 is 15.9 Å². The number of hydrogen-bond acceptors (Lipinski definition) is 4. The molecule has 0 saturated heterocycles. The smallest absolute Gasteiger partial charge is 0.251 e. The molecule has 1 heterocycles. The van der Waals surface area contributed by atoms with E-state index >= 15 is 0 Å². The highest BCUT2D eigenvalue weighted by Gasteiger charge is 2.34. The number of nitrogens with zero attached hydrogens (tertiary/aromatic N) is 1. The maximum atomic E-state index is 13.3. The summed E-state index contributed by atoms with van der Waals surface area (Å²) in [5.41, 5.74) is 3.27. The molecule has 29 heavy (non-hydrogen) atoms. The van der Waals surface area contributed by atoms with Crippen LogP contribution in [0.15, 0.2) is 48.5 Å². The summed E-state index contributed by atoms with van der Waals surface area (Å²) in [5.74, 6) is -0.673. The number of para-hydroxylation sites is 1. The third kappa shape index (κ3) is 5.03. The van der Waals surface area contributed by atoms with Gasteiger partial charge in [0.2, 0.25) is 5.91 Å². The number of nitrogens with one attached hydrogen (secondary N) is 1. The average Bonchev–Trinajstić information content (AvgIpc) is 3.01.